The highest BCUT2D eigenvalue weighted by Crippen LogP contribution is 2.44. The largest absolute Gasteiger partial charge is 0.461 e. The number of ether oxygens (including phenoxy) is 2. The molecule has 0 aromatic heterocycles. The molecule has 0 saturated heterocycles. The molecule has 1 amide bonds. The monoisotopic (exact) mass is 647 g/mol. The van der Waals surface area contributed by atoms with E-state index in [0.29, 0.717) is 5.56 Å². The molecule has 8 nitrogen and oxygen atoms in total. The summed E-state index contributed by atoms with van der Waals surface area (Å²) >= 11 is 0. The Balaban J connectivity index is 1.14. The van der Waals surface area contributed by atoms with E-state index in [-0.39, 0.29) is 42.7 Å². The van der Waals surface area contributed by atoms with E-state index >= 15 is 0 Å². The summed E-state index contributed by atoms with van der Waals surface area (Å²) in [5, 5.41) is 2.80. The lowest BCUT2D eigenvalue weighted by atomic mass is 9.95. The van der Waals surface area contributed by atoms with Crippen molar-refractivity contribution in [2.45, 2.75) is 29.8 Å². The van der Waals surface area contributed by atoms with Crippen molar-refractivity contribution in [3.63, 3.8) is 0 Å². The van der Waals surface area contributed by atoms with Gasteiger partial charge in [0.15, 0.2) is 0 Å². The molecule has 0 fully saturated rings. The quantitative estimate of drug-likeness (QED) is 0.113. The van der Waals surface area contributed by atoms with Crippen LogP contribution in [0.1, 0.15) is 40.5 Å². The Morgan fingerprint density at radius 2 is 1.32 bits per heavy atom. The molecular formula is C38H33NO7S. The van der Waals surface area contributed by atoms with Crippen molar-refractivity contribution in [2.24, 2.45) is 0 Å². The van der Waals surface area contributed by atoms with Gasteiger partial charge in [-0.2, -0.15) is 8.42 Å². The first kappa shape index (κ1) is 31.6. The van der Waals surface area contributed by atoms with Crippen LogP contribution in [0.5, 0.6) is 5.75 Å². The fourth-order valence-electron chi connectivity index (χ4n) is 5.74. The lowest BCUT2D eigenvalue weighted by molar-refractivity contribution is -0.145. The van der Waals surface area contributed by atoms with Gasteiger partial charge in [-0.15, -0.1) is 0 Å². The minimum absolute atomic E-state index is 0.0170. The predicted octanol–water partition coefficient (Wildman–Crippen LogP) is 7.21. The first-order chi connectivity index (χ1) is 22.9. The summed E-state index contributed by atoms with van der Waals surface area (Å²) in [7, 11) is -4.08. The Morgan fingerprint density at radius 1 is 0.702 bits per heavy atom. The Hall–Kier alpha value is -5.41. The molecule has 1 unspecified atom stereocenters. The normalized spacial score (nSPS) is 12.8. The second-order valence-electron chi connectivity index (χ2n) is 11.2. The number of carbonyl (C=O) groups excluding carboxylic acids is 2. The van der Waals surface area contributed by atoms with Gasteiger partial charge in [-0.05, 0) is 57.6 Å². The van der Waals surface area contributed by atoms with Crippen molar-refractivity contribution in [1.29, 1.82) is 0 Å². The molecule has 0 heterocycles. The van der Waals surface area contributed by atoms with Crippen LogP contribution >= 0.6 is 0 Å². The van der Waals surface area contributed by atoms with Crippen LogP contribution in [-0.2, 0) is 31.0 Å². The molecule has 1 N–H and O–H groups in total. The van der Waals surface area contributed by atoms with Gasteiger partial charge in [0.1, 0.15) is 23.9 Å². The number of benzene rings is 5. The zero-order chi connectivity index (χ0) is 32.6. The summed E-state index contributed by atoms with van der Waals surface area (Å²) in [6, 6.07) is 39.8. The molecule has 238 valence electrons. The molecule has 1 aliphatic carbocycles. The lowest BCUT2D eigenvalue weighted by Gasteiger charge is -2.19. The number of rotatable bonds is 12. The molecule has 5 aromatic rings. The van der Waals surface area contributed by atoms with Gasteiger partial charge in [-0.3, -0.25) is 4.79 Å². The Morgan fingerprint density at radius 3 is 2.00 bits per heavy atom. The van der Waals surface area contributed by atoms with E-state index in [1.807, 2.05) is 66.7 Å². The predicted molar refractivity (Wildman–Crippen MR) is 177 cm³/mol. The van der Waals surface area contributed by atoms with Gasteiger partial charge in [0.25, 0.3) is 0 Å². The summed E-state index contributed by atoms with van der Waals surface area (Å²) in [4.78, 5) is 26.0. The van der Waals surface area contributed by atoms with Crippen molar-refractivity contribution in [2.75, 3.05) is 13.2 Å². The van der Waals surface area contributed by atoms with E-state index in [4.69, 9.17) is 13.7 Å². The zero-order valence-corrected chi connectivity index (χ0v) is 26.3. The van der Waals surface area contributed by atoms with Crippen molar-refractivity contribution in [3.05, 3.63) is 156 Å². The fourth-order valence-corrected chi connectivity index (χ4v) is 6.69. The minimum atomic E-state index is -4.08. The number of hydrogen-bond donors (Lipinski definition) is 1. The number of alkyl carbamates (subject to hydrolysis) is 1. The standard InChI is InChI=1S/C38H33NO7S/c40-37(44-25-27-12-3-1-4-13-27)23-29(28-14-11-15-30(22-28)46-47(42,43)31-16-5-2-6-17-31)24-39-38(41)45-26-36-34-20-9-7-18-32(34)33-19-8-10-21-35(33)36/h1-22,29,36H,23-26H2,(H,39,41). The van der Waals surface area contributed by atoms with E-state index in [1.165, 1.54) is 18.2 Å². The van der Waals surface area contributed by atoms with Crippen LogP contribution in [0, 0.1) is 0 Å². The topological polar surface area (TPSA) is 108 Å². The highest BCUT2D eigenvalue weighted by Gasteiger charge is 2.29. The SMILES string of the molecule is O=C(CC(CNC(=O)OCC1c2ccccc2-c2ccccc21)c1cccc(OS(=O)(=O)c2ccccc2)c1)OCc1ccccc1. The second-order valence-corrected chi connectivity index (χ2v) is 12.7. The van der Waals surface area contributed by atoms with Crippen molar-refractivity contribution < 1.29 is 31.7 Å². The first-order valence-corrected chi connectivity index (χ1v) is 16.7. The third kappa shape index (κ3) is 7.70. The first-order valence-electron chi connectivity index (χ1n) is 15.3. The molecule has 1 aliphatic rings. The van der Waals surface area contributed by atoms with Crippen molar-refractivity contribution >= 4 is 22.2 Å². The summed E-state index contributed by atoms with van der Waals surface area (Å²) in [6.45, 7) is 0.279. The maximum Gasteiger partial charge on any atom is 0.407 e. The van der Waals surface area contributed by atoms with E-state index in [2.05, 4.69) is 17.4 Å². The van der Waals surface area contributed by atoms with Crippen molar-refractivity contribution in [1.82, 2.24) is 5.32 Å². The van der Waals surface area contributed by atoms with E-state index in [0.717, 1.165) is 27.8 Å². The van der Waals surface area contributed by atoms with Gasteiger partial charge in [-0.25, -0.2) is 4.79 Å². The van der Waals surface area contributed by atoms with Crippen LogP contribution in [0.4, 0.5) is 4.79 Å². The van der Waals surface area contributed by atoms with Crippen molar-refractivity contribution in [3.8, 4) is 16.9 Å². The number of hydrogen-bond acceptors (Lipinski definition) is 7. The lowest BCUT2D eigenvalue weighted by Crippen LogP contribution is -2.31. The molecule has 0 saturated carbocycles. The van der Waals surface area contributed by atoms with E-state index < -0.39 is 28.1 Å². The molecule has 0 bridgehead atoms. The van der Waals surface area contributed by atoms with Crippen LogP contribution in [0.15, 0.2) is 138 Å². The van der Waals surface area contributed by atoms with E-state index in [9.17, 15) is 18.0 Å². The van der Waals surface area contributed by atoms with Crippen LogP contribution in [0.3, 0.4) is 0 Å². The number of carbonyl (C=O) groups is 2. The number of esters is 1. The Kier molecular flexibility index (Phi) is 9.64. The maximum atomic E-state index is 13.0. The minimum Gasteiger partial charge on any atom is -0.461 e. The van der Waals surface area contributed by atoms with E-state index in [1.54, 1.807) is 36.4 Å². The Bertz CT molecular complexity index is 1920. The number of fused-ring (bicyclic) bond motifs is 3. The third-order valence-corrected chi connectivity index (χ3v) is 9.32. The highest BCUT2D eigenvalue weighted by molar-refractivity contribution is 7.87. The van der Waals surface area contributed by atoms with Crippen LogP contribution in [-0.4, -0.2) is 33.6 Å². The van der Waals surface area contributed by atoms with Gasteiger partial charge in [0, 0.05) is 18.4 Å². The number of nitrogens with one attached hydrogen (secondary N) is 1. The van der Waals surface area contributed by atoms with Crippen LogP contribution in [0.2, 0.25) is 0 Å². The highest BCUT2D eigenvalue weighted by atomic mass is 32.2. The molecule has 47 heavy (non-hydrogen) atoms. The van der Waals surface area contributed by atoms with Gasteiger partial charge >= 0.3 is 22.2 Å². The maximum absolute atomic E-state index is 13.0. The third-order valence-electron chi connectivity index (χ3n) is 8.06. The smallest absolute Gasteiger partial charge is 0.407 e. The van der Waals surface area contributed by atoms with Gasteiger partial charge in [-0.1, -0.05) is 109 Å². The average Bonchev–Trinajstić information content (AvgIpc) is 3.42. The molecule has 0 spiro atoms. The molecule has 0 aliphatic heterocycles. The van der Waals surface area contributed by atoms with Crippen LogP contribution in [0.25, 0.3) is 11.1 Å². The van der Waals surface area contributed by atoms with Gasteiger partial charge in [0.05, 0.1) is 6.42 Å². The summed E-state index contributed by atoms with van der Waals surface area (Å²) in [5.74, 6) is -1.06. The molecule has 0 radical (unpaired) electrons. The molecule has 6 rings (SSSR count). The molecule has 5 aromatic carbocycles. The summed E-state index contributed by atoms with van der Waals surface area (Å²) in [6.07, 6.45) is -0.709. The Labute approximate surface area is 274 Å². The summed E-state index contributed by atoms with van der Waals surface area (Å²) < 4.78 is 42.4. The van der Waals surface area contributed by atoms with Gasteiger partial charge in [0.2, 0.25) is 0 Å². The average molecular weight is 648 g/mol. The fraction of sp³-hybridized carbons (Fsp3) is 0.158. The second kappa shape index (κ2) is 14.3. The molecular weight excluding hydrogens is 614 g/mol. The molecule has 9 heteroatoms. The van der Waals surface area contributed by atoms with Crippen LogP contribution < -0.4 is 9.50 Å². The zero-order valence-electron chi connectivity index (χ0n) is 25.5. The van der Waals surface area contributed by atoms with Gasteiger partial charge < -0.3 is 19.0 Å². The number of amides is 1. The summed E-state index contributed by atoms with van der Waals surface area (Å²) in [5.41, 5.74) is 5.88. The molecule has 1 atom stereocenters.